The average molecular weight is 315 g/mol. The second-order valence-corrected chi connectivity index (χ2v) is 6.16. The topological polar surface area (TPSA) is 76.4 Å². The summed E-state index contributed by atoms with van der Waals surface area (Å²) in [6.07, 6.45) is 0.354. The molecule has 1 aliphatic rings. The predicted octanol–water partition coefficient (Wildman–Crippen LogP) is 2.73. The number of nitrogens with one attached hydrogen (secondary N) is 1. The number of ether oxygens (including phenoxy) is 1. The molecule has 1 unspecified atom stereocenters. The van der Waals surface area contributed by atoms with E-state index in [-0.39, 0.29) is 23.5 Å². The highest BCUT2D eigenvalue weighted by molar-refractivity contribution is 5.94. The number of hydrogen-bond acceptors (Lipinski definition) is 4. The Kier molecular flexibility index (Phi) is 3.75. The van der Waals surface area contributed by atoms with Crippen LogP contribution in [0.4, 0.5) is 5.82 Å². The lowest BCUT2D eigenvalue weighted by Crippen LogP contribution is -2.25. The lowest BCUT2D eigenvalue weighted by Gasteiger charge is -2.25. The van der Waals surface area contributed by atoms with Gasteiger partial charge in [0.05, 0.1) is 12.8 Å². The van der Waals surface area contributed by atoms with Gasteiger partial charge >= 0.3 is 0 Å². The number of phenolic OH excluding ortho intramolecular Hbond substituents is 1. The molecule has 23 heavy (non-hydrogen) atoms. The normalized spacial score (nSPS) is 17.1. The van der Waals surface area contributed by atoms with E-state index >= 15 is 0 Å². The summed E-state index contributed by atoms with van der Waals surface area (Å²) in [6.45, 7) is 4.18. The third kappa shape index (κ3) is 2.54. The van der Waals surface area contributed by atoms with E-state index in [0.717, 1.165) is 22.6 Å². The fraction of sp³-hybridized carbons (Fsp3) is 0.412. The van der Waals surface area contributed by atoms with Gasteiger partial charge < -0.3 is 15.2 Å². The second-order valence-electron chi connectivity index (χ2n) is 6.16. The standard InChI is InChI=1S/C17H21N3O3/c1-9(2)16-15-11(8-14(22)18-17(15)20(3)19-16)10-5-6-12(21)13(7-10)23-4/h5-7,9,11,21H,8H2,1-4H3,(H,18,22). The first-order valence-corrected chi connectivity index (χ1v) is 7.66. The Labute approximate surface area is 135 Å². The molecule has 2 aromatic rings. The van der Waals surface area contributed by atoms with Crippen LogP contribution >= 0.6 is 0 Å². The average Bonchev–Trinajstić information content (AvgIpc) is 2.84. The Hall–Kier alpha value is -2.50. The van der Waals surface area contributed by atoms with Gasteiger partial charge in [0.15, 0.2) is 11.5 Å². The Morgan fingerprint density at radius 1 is 1.43 bits per heavy atom. The maximum Gasteiger partial charge on any atom is 0.226 e. The first kappa shape index (κ1) is 15.4. The molecule has 1 aromatic heterocycles. The number of carbonyl (C=O) groups is 1. The third-order valence-corrected chi connectivity index (χ3v) is 4.26. The Morgan fingerprint density at radius 2 is 2.17 bits per heavy atom. The van der Waals surface area contributed by atoms with Crippen molar-refractivity contribution in [1.29, 1.82) is 0 Å². The molecule has 0 spiro atoms. The van der Waals surface area contributed by atoms with Crippen LogP contribution in [0.15, 0.2) is 18.2 Å². The summed E-state index contributed by atoms with van der Waals surface area (Å²) >= 11 is 0. The number of nitrogens with zero attached hydrogens (tertiary/aromatic N) is 2. The number of aromatic hydroxyl groups is 1. The van der Waals surface area contributed by atoms with Crippen LogP contribution in [-0.4, -0.2) is 27.9 Å². The van der Waals surface area contributed by atoms with Crippen molar-refractivity contribution < 1.29 is 14.6 Å². The largest absolute Gasteiger partial charge is 0.504 e. The van der Waals surface area contributed by atoms with Crippen LogP contribution in [0.5, 0.6) is 11.5 Å². The quantitative estimate of drug-likeness (QED) is 0.913. The highest BCUT2D eigenvalue weighted by Gasteiger charge is 2.33. The molecule has 0 aliphatic carbocycles. The zero-order valence-electron chi connectivity index (χ0n) is 13.8. The van der Waals surface area contributed by atoms with Gasteiger partial charge in [0, 0.05) is 24.9 Å². The molecule has 0 saturated carbocycles. The van der Waals surface area contributed by atoms with E-state index in [1.165, 1.54) is 7.11 Å². The van der Waals surface area contributed by atoms with Crippen LogP contribution in [-0.2, 0) is 11.8 Å². The fourth-order valence-corrected chi connectivity index (χ4v) is 3.15. The van der Waals surface area contributed by atoms with Crippen molar-refractivity contribution in [2.45, 2.75) is 32.1 Å². The molecule has 1 amide bonds. The first-order valence-electron chi connectivity index (χ1n) is 7.66. The van der Waals surface area contributed by atoms with E-state index in [4.69, 9.17) is 4.74 Å². The molecule has 122 valence electrons. The van der Waals surface area contributed by atoms with Crippen molar-refractivity contribution >= 4 is 11.7 Å². The van der Waals surface area contributed by atoms with Crippen LogP contribution in [0.2, 0.25) is 0 Å². The van der Waals surface area contributed by atoms with Gasteiger partial charge in [-0.1, -0.05) is 19.9 Å². The molecule has 6 heteroatoms. The van der Waals surface area contributed by atoms with Crippen LogP contribution in [0.1, 0.15) is 48.9 Å². The number of benzene rings is 1. The van der Waals surface area contributed by atoms with Crippen molar-refractivity contribution in [2.24, 2.45) is 7.05 Å². The fourth-order valence-electron chi connectivity index (χ4n) is 3.15. The molecule has 6 nitrogen and oxygen atoms in total. The van der Waals surface area contributed by atoms with E-state index in [1.54, 1.807) is 16.8 Å². The number of anilines is 1. The van der Waals surface area contributed by atoms with Crippen molar-refractivity contribution in [1.82, 2.24) is 9.78 Å². The van der Waals surface area contributed by atoms with Gasteiger partial charge in [-0.15, -0.1) is 0 Å². The van der Waals surface area contributed by atoms with Crippen molar-refractivity contribution in [3.8, 4) is 11.5 Å². The molecule has 0 bridgehead atoms. The van der Waals surface area contributed by atoms with Gasteiger partial charge in [-0.2, -0.15) is 5.10 Å². The molecule has 1 atom stereocenters. The predicted molar refractivity (Wildman–Crippen MR) is 87.0 cm³/mol. The minimum absolute atomic E-state index is 0.0344. The minimum Gasteiger partial charge on any atom is -0.504 e. The maximum atomic E-state index is 12.1. The van der Waals surface area contributed by atoms with Crippen molar-refractivity contribution in [3.05, 3.63) is 35.0 Å². The van der Waals surface area contributed by atoms with Gasteiger partial charge in [-0.05, 0) is 23.6 Å². The van der Waals surface area contributed by atoms with Crippen LogP contribution in [0, 0.1) is 0 Å². The molecule has 2 heterocycles. The molecule has 1 aliphatic heterocycles. The number of rotatable bonds is 3. The van der Waals surface area contributed by atoms with Crippen LogP contribution < -0.4 is 10.1 Å². The number of carbonyl (C=O) groups excluding carboxylic acids is 1. The molecule has 0 fully saturated rings. The number of amides is 1. The molecule has 0 radical (unpaired) electrons. The number of methoxy groups -OCH3 is 1. The van der Waals surface area contributed by atoms with Crippen molar-refractivity contribution in [2.75, 3.05) is 12.4 Å². The van der Waals surface area contributed by atoms with E-state index in [1.807, 2.05) is 13.1 Å². The summed E-state index contributed by atoms with van der Waals surface area (Å²) in [7, 11) is 3.35. The van der Waals surface area contributed by atoms with Gasteiger partial charge in [0.25, 0.3) is 0 Å². The number of aryl methyl sites for hydroxylation is 1. The first-order chi connectivity index (χ1) is 10.9. The molecule has 0 saturated heterocycles. The SMILES string of the molecule is COc1cc(C2CC(=O)Nc3c2c(C(C)C)nn3C)ccc1O. The highest BCUT2D eigenvalue weighted by Crippen LogP contribution is 2.42. The van der Waals surface area contributed by atoms with E-state index in [0.29, 0.717) is 12.2 Å². The summed E-state index contributed by atoms with van der Waals surface area (Å²) < 4.78 is 6.93. The lowest BCUT2D eigenvalue weighted by molar-refractivity contribution is -0.116. The van der Waals surface area contributed by atoms with Crippen LogP contribution in [0.3, 0.4) is 0 Å². The summed E-state index contributed by atoms with van der Waals surface area (Å²) in [5, 5.41) is 17.3. The molecule has 3 rings (SSSR count). The number of hydrogen-bond donors (Lipinski definition) is 2. The van der Waals surface area contributed by atoms with Crippen molar-refractivity contribution in [3.63, 3.8) is 0 Å². The molecule has 2 N–H and O–H groups in total. The lowest BCUT2D eigenvalue weighted by atomic mass is 9.83. The molecular weight excluding hydrogens is 294 g/mol. The summed E-state index contributed by atoms with van der Waals surface area (Å²) in [5.74, 6) is 1.37. The Morgan fingerprint density at radius 3 is 2.83 bits per heavy atom. The van der Waals surface area contributed by atoms with E-state index in [9.17, 15) is 9.90 Å². The van der Waals surface area contributed by atoms with E-state index in [2.05, 4.69) is 24.3 Å². The Balaban J connectivity index is 2.17. The monoisotopic (exact) mass is 315 g/mol. The number of phenols is 1. The molecule has 1 aromatic carbocycles. The van der Waals surface area contributed by atoms with Gasteiger partial charge in [-0.3, -0.25) is 9.48 Å². The summed E-state index contributed by atoms with van der Waals surface area (Å²) in [4.78, 5) is 12.1. The number of fused-ring (bicyclic) bond motifs is 1. The van der Waals surface area contributed by atoms with Gasteiger partial charge in [0.1, 0.15) is 5.82 Å². The maximum absolute atomic E-state index is 12.1. The van der Waals surface area contributed by atoms with Gasteiger partial charge in [0.2, 0.25) is 5.91 Å². The third-order valence-electron chi connectivity index (χ3n) is 4.26. The minimum atomic E-state index is -0.0978. The zero-order chi connectivity index (χ0) is 16.7. The second kappa shape index (κ2) is 5.61. The van der Waals surface area contributed by atoms with E-state index < -0.39 is 0 Å². The zero-order valence-corrected chi connectivity index (χ0v) is 13.8. The van der Waals surface area contributed by atoms with Crippen LogP contribution in [0.25, 0.3) is 0 Å². The molecular formula is C17H21N3O3. The number of aromatic nitrogens is 2. The summed E-state index contributed by atoms with van der Waals surface area (Å²) in [6, 6.07) is 5.23. The Bertz CT molecular complexity index is 765. The summed E-state index contributed by atoms with van der Waals surface area (Å²) in [5.41, 5.74) is 2.97. The van der Waals surface area contributed by atoms with Gasteiger partial charge in [-0.25, -0.2) is 0 Å². The smallest absolute Gasteiger partial charge is 0.226 e. The highest BCUT2D eigenvalue weighted by atomic mass is 16.5.